The first-order valence-electron chi connectivity index (χ1n) is 5.71. The molecule has 1 saturated heterocycles. The molecule has 0 radical (unpaired) electrons. The van der Waals surface area contributed by atoms with Crippen molar-refractivity contribution in [1.29, 1.82) is 0 Å². The number of halogens is 2. The smallest absolute Gasteiger partial charge is 0.313 e. The first kappa shape index (κ1) is 14.0. The van der Waals surface area contributed by atoms with Gasteiger partial charge in [-0.15, -0.1) is 0 Å². The highest BCUT2D eigenvalue weighted by Gasteiger charge is 2.29. The zero-order valence-corrected chi connectivity index (χ0v) is 11.5. The van der Waals surface area contributed by atoms with Crippen molar-refractivity contribution in [2.24, 2.45) is 0 Å². The second-order valence-electron chi connectivity index (χ2n) is 4.27. The number of amides is 2. The van der Waals surface area contributed by atoms with Gasteiger partial charge in [0.2, 0.25) is 0 Å². The fourth-order valence-corrected chi connectivity index (χ4v) is 2.20. The third-order valence-corrected chi connectivity index (χ3v) is 3.31. The van der Waals surface area contributed by atoms with Crippen LogP contribution in [0.15, 0.2) is 22.7 Å². The Morgan fingerprint density at radius 2 is 2.21 bits per heavy atom. The maximum absolute atomic E-state index is 13.4. The molecule has 7 heteroatoms. The topological polar surface area (TPSA) is 69.6 Å². The summed E-state index contributed by atoms with van der Waals surface area (Å²) in [5.74, 6) is -2.30. The Kier molecular flexibility index (Phi) is 4.16. The Balaban J connectivity index is 2.04. The van der Waals surface area contributed by atoms with Crippen LogP contribution in [0.25, 0.3) is 0 Å². The molecule has 1 aromatic carbocycles. The van der Waals surface area contributed by atoms with E-state index in [2.05, 4.69) is 21.2 Å². The molecule has 0 aliphatic carbocycles. The van der Waals surface area contributed by atoms with Crippen LogP contribution in [-0.4, -0.2) is 41.0 Å². The second-order valence-corrected chi connectivity index (χ2v) is 5.19. The number of carbonyl (C=O) groups excluding carboxylic acids is 2. The van der Waals surface area contributed by atoms with E-state index in [1.54, 1.807) is 0 Å². The molecule has 2 rings (SSSR count). The third-order valence-electron chi connectivity index (χ3n) is 2.82. The number of anilines is 1. The van der Waals surface area contributed by atoms with Crippen LogP contribution < -0.4 is 5.32 Å². The quantitative estimate of drug-likeness (QED) is 0.758. The van der Waals surface area contributed by atoms with Gasteiger partial charge >= 0.3 is 11.8 Å². The van der Waals surface area contributed by atoms with E-state index in [4.69, 9.17) is 0 Å². The number of β-amino-alcohol motifs (C(OH)–C–C–N with tert-alkyl or cyclic N) is 1. The van der Waals surface area contributed by atoms with Crippen LogP contribution in [0.4, 0.5) is 10.1 Å². The molecule has 0 spiro atoms. The fourth-order valence-electron chi connectivity index (χ4n) is 1.84. The van der Waals surface area contributed by atoms with Crippen molar-refractivity contribution in [1.82, 2.24) is 4.90 Å². The summed E-state index contributed by atoms with van der Waals surface area (Å²) < 4.78 is 14.0. The minimum atomic E-state index is -0.911. The van der Waals surface area contributed by atoms with Gasteiger partial charge in [0.1, 0.15) is 5.82 Å². The number of nitrogens with zero attached hydrogens (tertiary/aromatic N) is 1. The van der Waals surface area contributed by atoms with E-state index in [-0.39, 0.29) is 12.2 Å². The highest BCUT2D eigenvalue weighted by atomic mass is 79.9. The van der Waals surface area contributed by atoms with Gasteiger partial charge in [-0.3, -0.25) is 9.59 Å². The minimum absolute atomic E-state index is 0.0625. The Hall–Kier alpha value is -1.47. The molecule has 2 N–H and O–H groups in total. The molecule has 1 aliphatic heterocycles. The summed E-state index contributed by atoms with van der Waals surface area (Å²) in [4.78, 5) is 24.7. The number of benzene rings is 1. The highest BCUT2D eigenvalue weighted by molar-refractivity contribution is 9.10. The first-order chi connectivity index (χ1) is 8.97. The predicted octanol–water partition coefficient (Wildman–Crippen LogP) is 1.12. The van der Waals surface area contributed by atoms with Gasteiger partial charge in [-0.1, -0.05) is 15.9 Å². The van der Waals surface area contributed by atoms with Crippen LogP contribution >= 0.6 is 15.9 Å². The molecule has 102 valence electrons. The SMILES string of the molecule is O=C(Nc1cc(Br)ccc1F)C(=O)N1CC[C@H](O)C1. The molecule has 0 saturated carbocycles. The molecular formula is C12H12BrFN2O3. The molecular weight excluding hydrogens is 319 g/mol. The number of rotatable bonds is 1. The van der Waals surface area contributed by atoms with Crippen LogP contribution in [-0.2, 0) is 9.59 Å². The largest absolute Gasteiger partial charge is 0.391 e. The molecule has 5 nitrogen and oxygen atoms in total. The number of aliphatic hydroxyl groups excluding tert-OH is 1. The number of carbonyl (C=O) groups is 2. The lowest BCUT2D eigenvalue weighted by Crippen LogP contribution is -2.38. The van der Waals surface area contributed by atoms with Crippen molar-refractivity contribution >= 4 is 33.4 Å². The van der Waals surface area contributed by atoms with E-state index in [0.29, 0.717) is 17.4 Å². The second kappa shape index (κ2) is 5.66. The third kappa shape index (κ3) is 3.30. The molecule has 0 aromatic heterocycles. The summed E-state index contributed by atoms with van der Waals surface area (Å²) in [5.41, 5.74) is -0.0625. The molecule has 1 aromatic rings. The van der Waals surface area contributed by atoms with E-state index in [9.17, 15) is 19.1 Å². The Morgan fingerprint density at radius 1 is 1.47 bits per heavy atom. The normalized spacial score (nSPS) is 18.5. The van der Waals surface area contributed by atoms with Crippen LogP contribution in [0.1, 0.15) is 6.42 Å². The summed E-state index contributed by atoms with van der Waals surface area (Å²) >= 11 is 3.15. The van der Waals surface area contributed by atoms with Crippen molar-refractivity contribution in [3.8, 4) is 0 Å². The molecule has 2 amide bonds. The van der Waals surface area contributed by atoms with Gasteiger partial charge in [0, 0.05) is 17.6 Å². The maximum Gasteiger partial charge on any atom is 0.313 e. The summed E-state index contributed by atoms with van der Waals surface area (Å²) in [7, 11) is 0. The van der Waals surface area contributed by atoms with Crippen molar-refractivity contribution < 1.29 is 19.1 Å². The minimum Gasteiger partial charge on any atom is -0.391 e. The number of likely N-dealkylation sites (tertiary alicyclic amines) is 1. The summed E-state index contributed by atoms with van der Waals surface area (Å²) in [6.07, 6.45) is -0.149. The highest BCUT2D eigenvalue weighted by Crippen LogP contribution is 2.20. The van der Waals surface area contributed by atoms with Gasteiger partial charge in [0.05, 0.1) is 11.8 Å². The van der Waals surface area contributed by atoms with Crippen molar-refractivity contribution in [2.75, 3.05) is 18.4 Å². The number of aliphatic hydroxyl groups is 1. The molecule has 1 heterocycles. The van der Waals surface area contributed by atoms with Crippen LogP contribution in [0.3, 0.4) is 0 Å². The van der Waals surface area contributed by atoms with Gasteiger partial charge in [0.15, 0.2) is 0 Å². The zero-order chi connectivity index (χ0) is 14.0. The van der Waals surface area contributed by atoms with E-state index in [0.717, 1.165) is 0 Å². The van der Waals surface area contributed by atoms with Crippen LogP contribution in [0.5, 0.6) is 0 Å². The average molecular weight is 331 g/mol. The lowest BCUT2D eigenvalue weighted by Gasteiger charge is -2.15. The lowest BCUT2D eigenvalue weighted by atomic mass is 10.3. The summed E-state index contributed by atoms with van der Waals surface area (Å²) in [6, 6.07) is 4.05. The number of hydrogen-bond acceptors (Lipinski definition) is 3. The first-order valence-corrected chi connectivity index (χ1v) is 6.50. The number of hydrogen-bond donors (Lipinski definition) is 2. The molecule has 0 bridgehead atoms. The summed E-state index contributed by atoms with van der Waals surface area (Å²) in [6.45, 7) is 0.460. The number of nitrogens with one attached hydrogen (secondary N) is 1. The van der Waals surface area contributed by atoms with Gasteiger partial charge in [-0.25, -0.2) is 4.39 Å². The molecule has 1 fully saturated rings. The van der Waals surface area contributed by atoms with Gasteiger partial charge in [-0.05, 0) is 24.6 Å². The fraction of sp³-hybridized carbons (Fsp3) is 0.333. The zero-order valence-electron chi connectivity index (χ0n) is 9.90. The Morgan fingerprint density at radius 3 is 2.84 bits per heavy atom. The Labute approximate surface area is 117 Å². The maximum atomic E-state index is 13.4. The van der Waals surface area contributed by atoms with Crippen molar-refractivity contribution in [2.45, 2.75) is 12.5 Å². The van der Waals surface area contributed by atoms with E-state index in [1.165, 1.54) is 23.1 Å². The van der Waals surface area contributed by atoms with E-state index in [1.807, 2.05) is 0 Å². The molecule has 1 atom stereocenters. The molecule has 0 unspecified atom stereocenters. The van der Waals surface area contributed by atoms with E-state index >= 15 is 0 Å². The van der Waals surface area contributed by atoms with Crippen molar-refractivity contribution in [3.63, 3.8) is 0 Å². The van der Waals surface area contributed by atoms with Crippen LogP contribution in [0, 0.1) is 5.82 Å². The standard InChI is InChI=1S/C12H12BrFN2O3/c13-7-1-2-9(14)10(5-7)15-11(18)12(19)16-4-3-8(17)6-16/h1-2,5,8,17H,3-4,6H2,(H,15,18)/t8-/m0/s1. The van der Waals surface area contributed by atoms with Crippen molar-refractivity contribution in [3.05, 3.63) is 28.5 Å². The van der Waals surface area contributed by atoms with Crippen LogP contribution in [0.2, 0.25) is 0 Å². The predicted molar refractivity (Wildman–Crippen MR) is 69.9 cm³/mol. The molecule has 1 aliphatic rings. The van der Waals surface area contributed by atoms with Gasteiger partial charge in [0.25, 0.3) is 0 Å². The van der Waals surface area contributed by atoms with E-state index < -0.39 is 23.7 Å². The molecule has 19 heavy (non-hydrogen) atoms. The lowest BCUT2D eigenvalue weighted by molar-refractivity contribution is -0.142. The average Bonchev–Trinajstić information content (AvgIpc) is 2.79. The summed E-state index contributed by atoms with van der Waals surface area (Å²) in [5, 5.41) is 11.5. The Bertz CT molecular complexity index is 524. The van der Waals surface area contributed by atoms with Gasteiger partial charge < -0.3 is 15.3 Å². The van der Waals surface area contributed by atoms with Gasteiger partial charge in [-0.2, -0.15) is 0 Å². The monoisotopic (exact) mass is 330 g/mol.